The minimum absolute atomic E-state index is 0.670. The zero-order valence-corrected chi connectivity index (χ0v) is 9.80. The van der Waals surface area contributed by atoms with Crippen molar-refractivity contribution in [3.05, 3.63) is 42.0 Å². The van der Waals surface area contributed by atoms with Gasteiger partial charge in [0.1, 0.15) is 0 Å². The maximum Gasteiger partial charge on any atom is 0.328 e. The number of benzene rings is 1. The molecule has 0 aliphatic carbocycles. The van der Waals surface area contributed by atoms with Crippen LogP contribution in [0, 0.1) is 0 Å². The maximum atomic E-state index is 10.4. The van der Waals surface area contributed by atoms with E-state index in [9.17, 15) is 4.79 Å². The predicted molar refractivity (Wildman–Crippen MR) is 68.4 cm³/mol. The fourth-order valence-corrected chi connectivity index (χ4v) is 2.24. The molecule has 1 aromatic carbocycles. The molecule has 0 bridgehead atoms. The molecule has 0 saturated heterocycles. The van der Waals surface area contributed by atoms with Crippen LogP contribution in [0.4, 0.5) is 5.69 Å². The number of fused-ring (bicyclic) bond motifs is 1. The number of hydrogen-bond acceptors (Lipinski definition) is 2. The predicted octanol–water partition coefficient (Wildman–Crippen LogP) is 2.47. The van der Waals surface area contributed by atoms with Crippen LogP contribution in [-0.4, -0.2) is 24.2 Å². The van der Waals surface area contributed by atoms with Crippen molar-refractivity contribution in [3.8, 4) is 0 Å². The van der Waals surface area contributed by atoms with Crippen molar-refractivity contribution in [2.45, 2.75) is 19.3 Å². The molecule has 3 heteroatoms. The van der Waals surface area contributed by atoms with Crippen LogP contribution < -0.4 is 4.90 Å². The van der Waals surface area contributed by atoms with Crippen molar-refractivity contribution < 1.29 is 9.90 Å². The van der Waals surface area contributed by atoms with E-state index < -0.39 is 5.97 Å². The lowest BCUT2D eigenvalue weighted by atomic mass is 10.1. The van der Waals surface area contributed by atoms with Gasteiger partial charge in [0.2, 0.25) is 0 Å². The fraction of sp³-hybridized carbons (Fsp3) is 0.357. The standard InChI is InChI=1S/C14H17NO2/c16-14(17)9-5-11-15-10-4-3-7-12-6-1-2-8-13(12)15/h1-2,5-6,8-9H,3-4,7,10-11H2,(H,16,17)/b9-5+. The first kappa shape index (κ1) is 11.7. The van der Waals surface area contributed by atoms with Crippen molar-refractivity contribution in [1.29, 1.82) is 0 Å². The summed E-state index contributed by atoms with van der Waals surface area (Å²) in [7, 11) is 0. The highest BCUT2D eigenvalue weighted by Gasteiger charge is 2.13. The molecule has 3 nitrogen and oxygen atoms in total. The van der Waals surface area contributed by atoms with Crippen LogP contribution in [0.15, 0.2) is 36.4 Å². The van der Waals surface area contributed by atoms with Crippen LogP contribution in [0.25, 0.3) is 0 Å². The number of carboxylic acid groups (broad SMARTS) is 1. The van der Waals surface area contributed by atoms with Gasteiger partial charge in [0.05, 0.1) is 0 Å². The summed E-state index contributed by atoms with van der Waals surface area (Å²) in [6.45, 7) is 1.67. The summed E-state index contributed by atoms with van der Waals surface area (Å²) in [5.74, 6) is -0.881. The van der Waals surface area contributed by atoms with E-state index in [1.807, 2.05) is 6.07 Å². The van der Waals surface area contributed by atoms with E-state index in [1.54, 1.807) is 6.08 Å². The van der Waals surface area contributed by atoms with E-state index >= 15 is 0 Å². The van der Waals surface area contributed by atoms with Crippen molar-refractivity contribution in [2.24, 2.45) is 0 Å². The summed E-state index contributed by atoms with van der Waals surface area (Å²) in [5.41, 5.74) is 2.62. The van der Waals surface area contributed by atoms with Gasteiger partial charge in [0.15, 0.2) is 0 Å². The molecule has 0 unspecified atom stereocenters. The summed E-state index contributed by atoms with van der Waals surface area (Å²) < 4.78 is 0. The number of hydrogen-bond donors (Lipinski definition) is 1. The zero-order chi connectivity index (χ0) is 12.1. The average Bonchev–Trinajstić information content (AvgIpc) is 2.52. The highest BCUT2D eigenvalue weighted by atomic mass is 16.4. The van der Waals surface area contributed by atoms with Gasteiger partial charge in [-0.05, 0) is 30.9 Å². The molecule has 0 atom stereocenters. The summed E-state index contributed by atoms with van der Waals surface area (Å²) >= 11 is 0. The summed E-state index contributed by atoms with van der Waals surface area (Å²) in [6.07, 6.45) is 6.42. The number of anilines is 1. The molecule has 0 spiro atoms. The van der Waals surface area contributed by atoms with Crippen molar-refractivity contribution in [1.82, 2.24) is 0 Å². The van der Waals surface area contributed by atoms with Crippen LogP contribution in [0.1, 0.15) is 18.4 Å². The third-order valence-corrected chi connectivity index (χ3v) is 3.04. The van der Waals surface area contributed by atoms with Crippen molar-refractivity contribution in [3.63, 3.8) is 0 Å². The molecule has 17 heavy (non-hydrogen) atoms. The highest BCUT2D eigenvalue weighted by Crippen LogP contribution is 2.25. The van der Waals surface area contributed by atoms with Crippen LogP contribution in [0.2, 0.25) is 0 Å². The lowest BCUT2D eigenvalue weighted by Gasteiger charge is -2.23. The quantitative estimate of drug-likeness (QED) is 0.812. The van der Waals surface area contributed by atoms with Crippen LogP contribution in [-0.2, 0) is 11.2 Å². The van der Waals surface area contributed by atoms with Gasteiger partial charge >= 0.3 is 5.97 Å². The molecule has 1 aromatic rings. The Hall–Kier alpha value is -1.77. The second-order valence-corrected chi connectivity index (χ2v) is 4.27. The second kappa shape index (κ2) is 5.53. The monoisotopic (exact) mass is 231 g/mol. The van der Waals surface area contributed by atoms with E-state index in [-0.39, 0.29) is 0 Å². The molecule has 0 amide bonds. The molecular weight excluding hydrogens is 214 g/mol. The Labute approximate surface area is 101 Å². The van der Waals surface area contributed by atoms with Gasteiger partial charge in [0.25, 0.3) is 0 Å². The number of carbonyl (C=O) groups is 1. The summed E-state index contributed by atoms with van der Waals surface area (Å²) in [5, 5.41) is 8.59. The van der Waals surface area contributed by atoms with E-state index in [4.69, 9.17) is 5.11 Å². The molecule has 0 fully saturated rings. The Morgan fingerprint density at radius 1 is 1.35 bits per heavy atom. The number of aryl methyl sites for hydroxylation is 1. The number of rotatable bonds is 3. The number of carboxylic acids is 1. The number of para-hydroxylation sites is 1. The van der Waals surface area contributed by atoms with Gasteiger partial charge in [0, 0.05) is 24.9 Å². The Morgan fingerprint density at radius 2 is 2.18 bits per heavy atom. The Kier molecular flexibility index (Phi) is 3.81. The molecule has 90 valence electrons. The van der Waals surface area contributed by atoms with Gasteiger partial charge in [-0.1, -0.05) is 24.3 Å². The van der Waals surface area contributed by atoms with Gasteiger partial charge in [-0.25, -0.2) is 4.79 Å². The minimum Gasteiger partial charge on any atom is -0.478 e. The molecule has 1 aliphatic heterocycles. The normalized spacial score (nSPS) is 15.6. The van der Waals surface area contributed by atoms with Gasteiger partial charge < -0.3 is 10.0 Å². The van der Waals surface area contributed by atoms with Crippen LogP contribution in [0.3, 0.4) is 0 Å². The molecule has 0 saturated carbocycles. The van der Waals surface area contributed by atoms with E-state index in [0.717, 1.165) is 19.4 Å². The molecule has 1 heterocycles. The van der Waals surface area contributed by atoms with Gasteiger partial charge in [-0.3, -0.25) is 0 Å². The number of aliphatic carboxylic acids is 1. The largest absolute Gasteiger partial charge is 0.478 e. The SMILES string of the molecule is O=C(O)/C=C/CN1CCCCc2ccccc21. The fourth-order valence-electron chi connectivity index (χ4n) is 2.24. The first-order valence-electron chi connectivity index (χ1n) is 5.99. The Morgan fingerprint density at radius 3 is 3.00 bits per heavy atom. The smallest absolute Gasteiger partial charge is 0.328 e. The van der Waals surface area contributed by atoms with E-state index in [0.29, 0.717) is 6.54 Å². The van der Waals surface area contributed by atoms with Crippen molar-refractivity contribution >= 4 is 11.7 Å². The number of nitrogens with zero attached hydrogens (tertiary/aromatic N) is 1. The van der Waals surface area contributed by atoms with Crippen LogP contribution >= 0.6 is 0 Å². The topological polar surface area (TPSA) is 40.5 Å². The first-order chi connectivity index (χ1) is 8.27. The van der Waals surface area contributed by atoms with E-state index in [2.05, 4.69) is 23.1 Å². The molecule has 2 rings (SSSR count). The lowest BCUT2D eigenvalue weighted by Crippen LogP contribution is -2.24. The molecule has 0 aromatic heterocycles. The van der Waals surface area contributed by atoms with Crippen molar-refractivity contribution in [2.75, 3.05) is 18.0 Å². The van der Waals surface area contributed by atoms with Crippen LogP contribution in [0.5, 0.6) is 0 Å². The summed E-state index contributed by atoms with van der Waals surface area (Å²) in [6, 6.07) is 8.39. The molecule has 1 N–H and O–H groups in total. The van der Waals surface area contributed by atoms with Gasteiger partial charge in [-0.15, -0.1) is 0 Å². The maximum absolute atomic E-state index is 10.4. The third-order valence-electron chi connectivity index (χ3n) is 3.04. The second-order valence-electron chi connectivity index (χ2n) is 4.27. The Bertz CT molecular complexity index is 426. The molecule has 0 radical (unpaired) electrons. The first-order valence-corrected chi connectivity index (χ1v) is 5.99. The molecular formula is C14H17NO2. The molecule has 1 aliphatic rings. The van der Waals surface area contributed by atoms with Gasteiger partial charge in [-0.2, -0.15) is 0 Å². The third kappa shape index (κ3) is 3.09. The highest BCUT2D eigenvalue weighted by molar-refractivity contribution is 5.79. The minimum atomic E-state index is -0.881. The average molecular weight is 231 g/mol. The Balaban J connectivity index is 2.14. The lowest BCUT2D eigenvalue weighted by molar-refractivity contribution is -0.131. The zero-order valence-electron chi connectivity index (χ0n) is 9.80. The summed E-state index contributed by atoms with van der Waals surface area (Å²) in [4.78, 5) is 12.7. The van der Waals surface area contributed by atoms with E-state index in [1.165, 1.54) is 23.7 Å².